The van der Waals surface area contributed by atoms with Crippen molar-refractivity contribution in [2.24, 2.45) is 23.7 Å². The number of carbonyl (C=O) groups excluding carboxylic acids is 1. The molecule has 194 valence electrons. The zero-order valence-corrected chi connectivity index (χ0v) is 20.6. The molecule has 0 radical (unpaired) electrons. The summed E-state index contributed by atoms with van der Waals surface area (Å²) in [6.07, 6.45) is 2.37. The van der Waals surface area contributed by atoms with Crippen LogP contribution in [0.2, 0.25) is 0 Å². The predicted octanol–water partition coefficient (Wildman–Crippen LogP) is 3.30. The molecule has 0 bridgehead atoms. The van der Waals surface area contributed by atoms with E-state index in [9.17, 15) is 20.0 Å². The van der Waals surface area contributed by atoms with E-state index in [4.69, 9.17) is 23.7 Å². The van der Waals surface area contributed by atoms with E-state index in [2.05, 4.69) is 13.8 Å². The van der Waals surface area contributed by atoms with Gasteiger partial charge in [0, 0.05) is 39.2 Å². The van der Waals surface area contributed by atoms with Gasteiger partial charge in [-0.2, -0.15) is 0 Å². The molecule has 10 heteroatoms. The lowest BCUT2D eigenvalue weighted by molar-refractivity contribution is -0.384. The Balaban J connectivity index is 0.000000201. The molecular formula is C25H35NO9. The first-order valence-electron chi connectivity index (χ1n) is 12.2. The summed E-state index contributed by atoms with van der Waals surface area (Å²) < 4.78 is 27.3. The van der Waals surface area contributed by atoms with Crippen LogP contribution in [0.15, 0.2) is 24.3 Å². The SMILES string of the molecule is COC1C[C@@H]2[C@H](O1)[C@H](O)C[C@H]2C.COC1C[C@@H]2[C@H](O1)[C@H](OC(=O)c1ccc([N+](=O)[O-])cc1)C[C@H]2C. The number of nitrogens with zero attached hydrogens (tertiary/aromatic N) is 1. The number of hydrogen-bond acceptors (Lipinski definition) is 9. The highest BCUT2D eigenvalue weighted by Gasteiger charge is 2.50. The Morgan fingerprint density at radius 1 is 0.943 bits per heavy atom. The van der Waals surface area contributed by atoms with E-state index in [0.717, 1.165) is 25.7 Å². The van der Waals surface area contributed by atoms with Gasteiger partial charge in [0.2, 0.25) is 0 Å². The second kappa shape index (κ2) is 10.9. The van der Waals surface area contributed by atoms with E-state index in [1.54, 1.807) is 14.2 Å². The van der Waals surface area contributed by atoms with Crippen molar-refractivity contribution in [3.63, 3.8) is 0 Å². The third-order valence-corrected chi connectivity index (χ3v) is 7.91. The first kappa shape index (κ1) is 26.0. The van der Waals surface area contributed by atoms with Crippen molar-refractivity contribution in [3.8, 4) is 0 Å². The number of non-ortho nitro benzene ring substituents is 1. The maximum atomic E-state index is 12.2. The van der Waals surface area contributed by atoms with Gasteiger partial charge < -0.3 is 28.8 Å². The Kier molecular flexibility index (Phi) is 8.07. The van der Waals surface area contributed by atoms with Gasteiger partial charge in [-0.1, -0.05) is 13.8 Å². The summed E-state index contributed by atoms with van der Waals surface area (Å²) in [7, 11) is 3.26. The molecule has 0 aromatic heterocycles. The highest BCUT2D eigenvalue weighted by atomic mass is 16.7. The minimum atomic E-state index is -0.504. The largest absolute Gasteiger partial charge is 0.456 e. The molecule has 4 fully saturated rings. The van der Waals surface area contributed by atoms with Crippen molar-refractivity contribution < 1.29 is 38.5 Å². The number of rotatable bonds is 5. The van der Waals surface area contributed by atoms with E-state index < -0.39 is 10.9 Å². The van der Waals surface area contributed by atoms with Gasteiger partial charge in [0.1, 0.15) is 12.2 Å². The van der Waals surface area contributed by atoms with Crippen LogP contribution in [0.25, 0.3) is 0 Å². The number of benzene rings is 1. The third-order valence-electron chi connectivity index (χ3n) is 7.91. The molecule has 1 N–H and O–H groups in total. The van der Waals surface area contributed by atoms with Gasteiger partial charge in [-0.15, -0.1) is 0 Å². The summed E-state index contributed by atoms with van der Waals surface area (Å²) in [5.41, 5.74) is 0.242. The lowest BCUT2D eigenvalue weighted by Crippen LogP contribution is -2.30. The Morgan fingerprint density at radius 2 is 1.49 bits per heavy atom. The number of fused-ring (bicyclic) bond motifs is 2. The fourth-order valence-electron chi connectivity index (χ4n) is 5.94. The van der Waals surface area contributed by atoms with E-state index in [1.807, 2.05) is 0 Å². The predicted molar refractivity (Wildman–Crippen MR) is 123 cm³/mol. The number of aliphatic hydroxyl groups excluding tert-OH is 1. The van der Waals surface area contributed by atoms with Crippen LogP contribution in [0.4, 0.5) is 5.69 Å². The van der Waals surface area contributed by atoms with Crippen LogP contribution in [0.5, 0.6) is 0 Å². The summed E-state index contributed by atoms with van der Waals surface area (Å²) in [6, 6.07) is 5.40. The molecule has 10 nitrogen and oxygen atoms in total. The number of carbonyl (C=O) groups is 1. The van der Waals surface area contributed by atoms with Gasteiger partial charge in [0.25, 0.3) is 5.69 Å². The number of aliphatic hydroxyl groups is 1. The molecule has 2 aliphatic heterocycles. The van der Waals surface area contributed by atoms with Crippen LogP contribution in [0.1, 0.15) is 49.9 Å². The maximum Gasteiger partial charge on any atom is 0.338 e. The lowest BCUT2D eigenvalue weighted by atomic mass is 9.95. The Bertz CT molecular complexity index is 877. The fraction of sp³-hybridized carbons (Fsp3) is 0.720. The van der Waals surface area contributed by atoms with E-state index in [-0.39, 0.29) is 42.7 Å². The fourth-order valence-corrected chi connectivity index (χ4v) is 5.94. The van der Waals surface area contributed by atoms with Gasteiger partial charge in [-0.05, 0) is 48.6 Å². The number of methoxy groups -OCH3 is 2. The van der Waals surface area contributed by atoms with E-state index in [1.165, 1.54) is 24.3 Å². The van der Waals surface area contributed by atoms with Crippen LogP contribution in [0, 0.1) is 33.8 Å². The van der Waals surface area contributed by atoms with Crippen molar-refractivity contribution >= 4 is 11.7 Å². The van der Waals surface area contributed by atoms with Gasteiger partial charge in [-0.3, -0.25) is 10.1 Å². The molecule has 0 spiro atoms. The first-order valence-corrected chi connectivity index (χ1v) is 12.2. The average molecular weight is 494 g/mol. The minimum absolute atomic E-state index is 0.0324. The molecular weight excluding hydrogens is 458 g/mol. The Morgan fingerprint density at radius 3 is 2.03 bits per heavy atom. The van der Waals surface area contributed by atoms with Gasteiger partial charge in [-0.25, -0.2) is 4.79 Å². The molecule has 2 heterocycles. The summed E-state index contributed by atoms with van der Waals surface area (Å²) in [5, 5.41) is 20.2. The van der Waals surface area contributed by atoms with Crippen molar-refractivity contribution in [2.75, 3.05) is 14.2 Å². The highest BCUT2D eigenvalue weighted by Crippen LogP contribution is 2.45. The Labute approximate surface area is 205 Å². The summed E-state index contributed by atoms with van der Waals surface area (Å²) >= 11 is 0. The van der Waals surface area contributed by atoms with Crippen LogP contribution in [-0.4, -0.2) is 67.2 Å². The number of nitro groups is 1. The summed E-state index contributed by atoms with van der Waals surface area (Å²) in [5.74, 6) is 1.32. The molecule has 2 aliphatic carbocycles. The van der Waals surface area contributed by atoms with Crippen LogP contribution < -0.4 is 0 Å². The molecule has 5 rings (SSSR count). The standard InChI is InChI=1S/C16H19NO6.C9H16O3/c1-9-7-13(15-12(9)8-14(21-2)23-15)22-16(18)10-3-5-11(6-4-10)17(19)20;1-5-3-7(10)9-6(5)4-8(11-2)12-9/h3-6,9,12-15H,7-8H2,1-2H3;5-10H,3-4H2,1-2H3/t9-,12+,13-,14?,15+;5-,6+,7-,8?,9+/m11/s1. The molecule has 1 aromatic rings. The molecule has 2 saturated carbocycles. The molecule has 35 heavy (non-hydrogen) atoms. The zero-order chi connectivity index (χ0) is 25.3. The lowest BCUT2D eigenvalue weighted by Gasteiger charge is -2.20. The molecule has 1 aromatic carbocycles. The topological polar surface area (TPSA) is 127 Å². The summed E-state index contributed by atoms with van der Waals surface area (Å²) in [6.45, 7) is 4.30. The molecule has 2 unspecified atom stereocenters. The third kappa shape index (κ3) is 5.51. The number of nitro benzene ring substituents is 1. The molecule has 2 saturated heterocycles. The smallest absolute Gasteiger partial charge is 0.338 e. The average Bonchev–Trinajstić information content (AvgIpc) is 3.59. The maximum absolute atomic E-state index is 12.2. The van der Waals surface area contributed by atoms with Gasteiger partial charge in [0.15, 0.2) is 12.6 Å². The van der Waals surface area contributed by atoms with E-state index >= 15 is 0 Å². The first-order chi connectivity index (χ1) is 16.7. The molecule has 0 amide bonds. The van der Waals surface area contributed by atoms with Crippen LogP contribution in [-0.2, 0) is 23.7 Å². The van der Waals surface area contributed by atoms with Crippen LogP contribution >= 0.6 is 0 Å². The van der Waals surface area contributed by atoms with Crippen LogP contribution in [0.3, 0.4) is 0 Å². The molecule has 10 atom stereocenters. The summed E-state index contributed by atoms with van der Waals surface area (Å²) in [4.78, 5) is 22.4. The van der Waals surface area contributed by atoms with E-state index in [0.29, 0.717) is 29.2 Å². The Hall–Kier alpha value is -2.11. The normalized spacial score (nSPS) is 39.5. The monoisotopic (exact) mass is 493 g/mol. The second-order valence-electron chi connectivity index (χ2n) is 10.1. The van der Waals surface area contributed by atoms with Crippen molar-refractivity contribution in [1.29, 1.82) is 0 Å². The highest BCUT2D eigenvalue weighted by molar-refractivity contribution is 5.89. The van der Waals surface area contributed by atoms with Gasteiger partial charge in [0.05, 0.1) is 22.7 Å². The van der Waals surface area contributed by atoms with Crippen molar-refractivity contribution in [1.82, 2.24) is 0 Å². The molecule has 4 aliphatic rings. The quantitative estimate of drug-likeness (QED) is 0.373. The van der Waals surface area contributed by atoms with Gasteiger partial charge >= 0.3 is 5.97 Å². The van der Waals surface area contributed by atoms with Crippen molar-refractivity contribution in [3.05, 3.63) is 39.9 Å². The number of ether oxygens (including phenoxy) is 5. The van der Waals surface area contributed by atoms with Crippen molar-refractivity contribution in [2.45, 2.75) is 76.5 Å². The number of hydrogen-bond donors (Lipinski definition) is 1. The number of esters is 1. The second-order valence-corrected chi connectivity index (χ2v) is 10.1. The minimum Gasteiger partial charge on any atom is -0.456 e. The zero-order valence-electron chi connectivity index (χ0n) is 20.6.